The van der Waals surface area contributed by atoms with Crippen LogP contribution in [0, 0.1) is 0 Å². The molecule has 17 heavy (non-hydrogen) atoms. The van der Waals surface area contributed by atoms with Crippen molar-refractivity contribution in [1.29, 1.82) is 0 Å². The van der Waals surface area contributed by atoms with Crippen molar-refractivity contribution in [2.24, 2.45) is 0 Å². The molecule has 5 nitrogen and oxygen atoms in total. The standard InChI is InChI=1S/C11H13N3O2S/c1-13-10(15)5-17-6-11-14-8-3-2-7(12)4-9(8)16-11/h2-4H,5-6,12H2,1H3,(H,13,15). The summed E-state index contributed by atoms with van der Waals surface area (Å²) in [6.45, 7) is 0. The van der Waals surface area contributed by atoms with Gasteiger partial charge in [0, 0.05) is 18.8 Å². The van der Waals surface area contributed by atoms with Gasteiger partial charge in [-0.25, -0.2) is 4.98 Å². The number of rotatable bonds is 4. The van der Waals surface area contributed by atoms with Crippen molar-refractivity contribution in [2.75, 3.05) is 18.5 Å². The monoisotopic (exact) mass is 251 g/mol. The molecular formula is C11H13N3O2S. The van der Waals surface area contributed by atoms with Crippen LogP contribution in [-0.2, 0) is 10.5 Å². The predicted octanol–water partition coefficient (Wildman–Crippen LogP) is 1.39. The third-order valence-corrected chi connectivity index (χ3v) is 3.11. The molecule has 6 heteroatoms. The quantitative estimate of drug-likeness (QED) is 0.802. The molecular weight excluding hydrogens is 238 g/mol. The van der Waals surface area contributed by atoms with Crippen molar-refractivity contribution in [1.82, 2.24) is 10.3 Å². The van der Waals surface area contributed by atoms with Crippen LogP contribution in [0.4, 0.5) is 5.69 Å². The van der Waals surface area contributed by atoms with Crippen molar-refractivity contribution in [2.45, 2.75) is 5.75 Å². The van der Waals surface area contributed by atoms with Crippen LogP contribution in [0.3, 0.4) is 0 Å². The number of carbonyl (C=O) groups is 1. The Hall–Kier alpha value is -1.69. The molecule has 0 atom stereocenters. The summed E-state index contributed by atoms with van der Waals surface area (Å²) in [4.78, 5) is 15.3. The van der Waals surface area contributed by atoms with Crippen LogP contribution in [0.25, 0.3) is 11.1 Å². The van der Waals surface area contributed by atoms with Crippen LogP contribution < -0.4 is 11.1 Å². The van der Waals surface area contributed by atoms with E-state index < -0.39 is 0 Å². The molecule has 2 aromatic rings. The average Bonchev–Trinajstić information content (AvgIpc) is 2.70. The van der Waals surface area contributed by atoms with Gasteiger partial charge in [-0.15, -0.1) is 11.8 Å². The Morgan fingerprint density at radius 1 is 1.59 bits per heavy atom. The predicted molar refractivity (Wildman–Crippen MR) is 68.7 cm³/mol. The molecule has 3 N–H and O–H groups in total. The summed E-state index contributed by atoms with van der Waals surface area (Å²) < 4.78 is 5.52. The van der Waals surface area contributed by atoms with Gasteiger partial charge < -0.3 is 15.5 Å². The highest BCUT2D eigenvalue weighted by atomic mass is 32.2. The first-order valence-electron chi connectivity index (χ1n) is 5.12. The zero-order valence-electron chi connectivity index (χ0n) is 9.40. The van der Waals surface area contributed by atoms with Crippen molar-refractivity contribution in [3.8, 4) is 0 Å². The van der Waals surface area contributed by atoms with E-state index in [9.17, 15) is 4.79 Å². The van der Waals surface area contributed by atoms with Crippen molar-refractivity contribution >= 4 is 34.5 Å². The number of nitrogens with one attached hydrogen (secondary N) is 1. The topological polar surface area (TPSA) is 81.2 Å². The zero-order valence-corrected chi connectivity index (χ0v) is 10.2. The zero-order chi connectivity index (χ0) is 12.3. The number of fused-ring (bicyclic) bond motifs is 1. The minimum absolute atomic E-state index is 0.00430. The number of hydrogen-bond acceptors (Lipinski definition) is 5. The number of carbonyl (C=O) groups excluding carboxylic acids is 1. The summed E-state index contributed by atoms with van der Waals surface area (Å²) in [6.07, 6.45) is 0. The minimum atomic E-state index is -0.00430. The third kappa shape index (κ3) is 2.91. The Bertz CT molecular complexity index is 538. The summed E-state index contributed by atoms with van der Waals surface area (Å²) in [5.74, 6) is 1.58. The van der Waals surface area contributed by atoms with Gasteiger partial charge in [-0.2, -0.15) is 0 Å². The smallest absolute Gasteiger partial charge is 0.229 e. The number of oxazole rings is 1. The lowest BCUT2D eigenvalue weighted by Crippen LogP contribution is -2.19. The van der Waals surface area contributed by atoms with Crippen molar-refractivity contribution < 1.29 is 9.21 Å². The molecule has 0 aliphatic rings. The van der Waals surface area contributed by atoms with Gasteiger partial charge in [0.05, 0.1) is 11.5 Å². The van der Waals surface area contributed by atoms with E-state index in [0.717, 1.165) is 5.52 Å². The average molecular weight is 251 g/mol. The highest BCUT2D eigenvalue weighted by molar-refractivity contribution is 7.99. The summed E-state index contributed by atoms with van der Waals surface area (Å²) >= 11 is 1.46. The van der Waals surface area contributed by atoms with E-state index in [-0.39, 0.29) is 5.91 Å². The number of benzene rings is 1. The van der Waals surface area contributed by atoms with E-state index in [4.69, 9.17) is 10.2 Å². The fourth-order valence-corrected chi connectivity index (χ4v) is 2.08. The molecule has 0 unspecified atom stereocenters. The first kappa shape index (κ1) is 11.8. The fraction of sp³-hybridized carbons (Fsp3) is 0.273. The molecule has 2 rings (SSSR count). The van der Waals surface area contributed by atoms with Crippen LogP contribution in [0.15, 0.2) is 22.6 Å². The highest BCUT2D eigenvalue weighted by Gasteiger charge is 2.07. The Morgan fingerprint density at radius 3 is 3.18 bits per heavy atom. The maximum absolute atomic E-state index is 11.0. The molecule has 0 saturated heterocycles. The van der Waals surface area contributed by atoms with Crippen molar-refractivity contribution in [3.63, 3.8) is 0 Å². The Kier molecular flexibility index (Phi) is 3.53. The van der Waals surface area contributed by atoms with Crippen LogP contribution in [0.1, 0.15) is 5.89 Å². The van der Waals surface area contributed by atoms with E-state index >= 15 is 0 Å². The number of aromatic nitrogens is 1. The fourth-order valence-electron chi connectivity index (χ4n) is 1.35. The number of thioether (sulfide) groups is 1. The van der Waals surface area contributed by atoms with Crippen LogP contribution >= 0.6 is 11.8 Å². The first-order chi connectivity index (χ1) is 8.19. The lowest BCUT2D eigenvalue weighted by molar-refractivity contribution is -0.118. The Balaban J connectivity index is 2.02. The summed E-state index contributed by atoms with van der Waals surface area (Å²) in [5.41, 5.74) is 7.76. The Labute approximate surface area is 103 Å². The van der Waals surface area contributed by atoms with E-state index in [0.29, 0.717) is 28.7 Å². The molecule has 0 bridgehead atoms. The number of anilines is 1. The van der Waals surface area contributed by atoms with Gasteiger partial charge in [0.25, 0.3) is 0 Å². The van der Waals surface area contributed by atoms with Gasteiger partial charge in [0.2, 0.25) is 11.8 Å². The minimum Gasteiger partial charge on any atom is -0.440 e. The van der Waals surface area contributed by atoms with Gasteiger partial charge in [-0.1, -0.05) is 0 Å². The highest BCUT2D eigenvalue weighted by Crippen LogP contribution is 2.20. The molecule has 0 spiro atoms. The maximum atomic E-state index is 11.0. The molecule has 0 fully saturated rings. The second-order valence-electron chi connectivity index (χ2n) is 3.50. The molecule has 1 heterocycles. The van der Waals surface area contributed by atoms with Crippen molar-refractivity contribution in [3.05, 3.63) is 24.1 Å². The number of amides is 1. The molecule has 0 aliphatic carbocycles. The maximum Gasteiger partial charge on any atom is 0.229 e. The molecule has 0 saturated carbocycles. The Morgan fingerprint density at radius 2 is 2.41 bits per heavy atom. The van der Waals surface area contributed by atoms with E-state index in [1.807, 2.05) is 6.07 Å². The molecule has 0 radical (unpaired) electrons. The normalized spacial score (nSPS) is 10.6. The number of hydrogen-bond donors (Lipinski definition) is 2. The molecule has 1 aromatic heterocycles. The van der Waals surface area contributed by atoms with Gasteiger partial charge in [0.15, 0.2) is 5.58 Å². The van der Waals surface area contributed by atoms with Gasteiger partial charge in [-0.05, 0) is 12.1 Å². The van der Waals surface area contributed by atoms with E-state index in [1.54, 1.807) is 19.2 Å². The SMILES string of the molecule is CNC(=O)CSCc1nc2ccc(N)cc2o1. The second-order valence-corrected chi connectivity index (χ2v) is 4.49. The number of nitrogens with zero attached hydrogens (tertiary/aromatic N) is 1. The largest absolute Gasteiger partial charge is 0.440 e. The number of nitrogen functional groups attached to an aromatic ring is 1. The first-order valence-corrected chi connectivity index (χ1v) is 6.28. The van der Waals surface area contributed by atoms with Gasteiger partial charge in [0.1, 0.15) is 5.52 Å². The van der Waals surface area contributed by atoms with E-state index in [1.165, 1.54) is 11.8 Å². The molecule has 1 amide bonds. The second kappa shape index (κ2) is 5.09. The third-order valence-electron chi connectivity index (χ3n) is 2.19. The van der Waals surface area contributed by atoms with Crippen LogP contribution in [0.2, 0.25) is 0 Å². The lowest BCUT2D eigenvalue weighted by Gasteiger charge is -1.96. The van der Waals surface area contributed by atoms with Gasteiger partial charge >= 0.3 is 0 Å². The molecule has 1 aromatic carbocycles. The molecule has 90 valence electrons. The summed E-state index contributed by atoms with van der Waals surface area (Å²) in [7, 11) is 1.62. The summed E-state index contributed by atoms with van der Waals surface area (Å²) in [6, 6.07) is 5.35. The van der Waals surface area contributed by atoms with Crippen LogP contribution in [0.5, 0.6) is 0 Å². The lowest BCUT2D eigenvalue weighted by atomic mass is 10.3. The van der Waals surface area contributed by atoms with Crippen LogP contribution in [-0.4, -0.2) is 23.7 Å². The van der Waals surface area contributed by atoms with Gasteiger partial charge in [-0.3, -0.25) is 4.79 Å². The molecule has 0 aliphatic heterocycles. The van der Waals surface area contributed by atoms with E-state index in [2.05, 4.69) is 10.3 Å². The summed E-state index contributed by atoms with van der Waals surface area (Å²) in [5, 5.41) is 2.56. The number of nitrogens with two attached hydrogens (primary N) is 1.